The number of anilines is 1. The predicted octanol–water partition coefficient (Wildman–Crippen LogP) is 2.99. The standard InChI is InChI=1S/C16H28N4/c1-4-17-9-14-10-18-11-16(19-14)20(12-13(2)3)15-7-5-6-8-15/h10-11,13,15,17H,4-9,12H2,1-3H3. The molecule has 0 aromatic carbocycles. The van der Waals surface area contributed by atoms with Gasteiger partial charge in [0.15, 0.2) is 0 Å². The molecule has 1 aromatic heterocycles. The Bertz CT molecular complexity index is 399. The molecule has 1 N–H and O–H groups in total. The van der Waals surface area contributed by atoms with E-state index in [2.05, 4.69) is 36.0 Å². The summed E-state index contributed by atoms with van der Waals surface area (Å²) in [6.07, 6.45) is 9.09. The fourth-order valence-corrected chi connectivity index (χ4v) is 2.91. The molecule has 0 atom stereocenters. The van der Waals surface area contributed by atoms with E-state index >= 15 is 0 Å². The first kappa shape index (κ1) is 15.2. The van der Waals surface area contributed by atoms with Gasteiger partial charge in [-0.3, -0.25) is 4.98 Å². The quantitative estimate of drug-likeness (QED) is 0.831. The van der Waals surface area contributed by atoms with Gasteiger partial charge in [-0.15, -0.1) is 0 Å². The average molecular weight is 276 g/mol. The minimum absolute atomic E-state index is 0.648. The molecule has 1 aliphatic carbocycles. The van der Waals surface area contributed by atoms with Crippen molar-refractivity contribution in [1.82, 2.24) is 15.3 Å². The number of rotatable bonds is 7. The van der Waals surface area contributed by atoms with Crippen LogP contribution in [-0.4, -0.2) is 29.1 Å². The van der Waals surface area contributed by atoms with Crippen molar-refractivity contribution in [2.75, 3.05) is 18.0 Å². The summed E-state index contributed by atoms with van der Waals surface area (Å²) in [5, 5.41) is 3.32. The van der Waals surface area contributed by atoms with E-state index in [0.717, 1.165) is 31.1 Å². The lowest BCUT2D eigenvalue weighted by Crippen LogP contribution is -2.37. The summed E-state index contributed by atoms with van der Waals surface area (Å²) >= 11 is 0. The molecule has 1 aromatic rings. The molecular formula is C16H28N4. The summed E-state index contributed by atoms with van der Waals surface area (Å²) < 4.78 is 0. The topological polar surface area (TPSA) is 41.1 Å². The fourth-order valence-electron chi connectivity index (χ4n) is 2.91. The molecule has 0 unspecified atom stereocenters. The molecule has 1 aliphatic rings. The summed E-state index contributed by atoms with van der Waals surface area (Å²) in [4.78, 5) is 11.7. The van der Waals surface area contributed by atoms with Gasteiger partial charge in [0, 0.05) is 25.3 Å². The van der Waals surface area contributed by atoms with Crippen molar-refractivity contribution in [1.29, 1.82) is 0 Å². The van der Waals surface area contributed by atoms with Crippen LogP contribution in [-0.2, 0) is 6.54 Å². The molecule has 1 heterocycles. The zero-order valence-corrected chi connectivity index (χ0v) is 13.1. The Morgan fingerprint density at radius 2 is 2.05 bits per heavy atom. The normalized spacial score (nSPS) is 16.0. The molecule has 4 heteroatoms. The molecule has 0 radical (unpaired) electrons. The lowest BCUT2D eigenvalue weighted by molar-refractivity contribution is 0.529. The lowest BCUT2D eigenvalue weighted by atomic mass is 10.1. The Hall–Kier alpha value is -1.16. The second-order valence-electron chi connectivity index (χ2n) is 6.13. The smallest absolute Gasteiger partial charge is 0.147 e. The van der Waals surface area contributed by atoms with Gasteiger partial charge in [0.25, 0.3) is 0 Å². The fraction of sp³-hybridized carbons (Fsp3) is 0.750. The van der Waals surface area contributed by atoms with Crippen molar-refractivity contribution in [3.63, 3.8) is 0 Å². The highest BCUT2D eigenvalue weighted by atomic mass is 15.2. The van der Waals surface area contributed by atoms with Crippen LogP contribution in [0.15, 0.2) is 12.4 Å². The molecule has 1 saturated carbocycles. The third-order valence-corrected chi connectivity index (χ3v) is 3.85. The molecule has 0 amide bonds. The Labute approximate surface area is 123 Å². The van der Waals surface area contributed by atoms with E-state index < -0.39 is 0 Å². The monoisotopic (exact) mass is 276 g/mol. The van der Waals surface area contributed by atoms with Crippen LogP contribution in [0.1, 0.15) is 52.1 Å². The highest BCUT2D eigenvalue weighted by Crippen LogP contribution is 2.27. The van der Waals surface area contributed by atoms with E-state index in [4.69, 9.17) is 4.98 Å². The van der Waals surface area contributed by atoms with Gasteiger partial charge in [-0.1, -0.05) is 33.6 Å². The van der Waals surface area contributed by atoms with Crippen molar-refractivity contribution in [2.45, 2.75) is 59.0 Å². The van der Waals surface area contributed by atoms with E-state index in [0.29, 0.717) is 12.0 Å². The van der Waals surface area contributed by atoms with Gasteiger partial charge < -0.3 is 10.2 Å². The first-order valence-corrected chi connectivity index (χ1v) is 7.99. The maximum atomic E-state index is 4.81. The molecule has 112 valence electrons. The second-order valence-corrected chi connectivity index (χ2v) is 6.13. The van der Waals surface area contributed by atoms with Crippen LogP contribution in [0.4, 0.5) is 5.82 Å². The van der Waals surface area contributed by atoms with Crippen molar-refractivity contribution in [3.8, 4) is 0 Å². The van der Waals surface area contributed by atoms with Crippen LogP contribution in [0.25, 0.3) is 0 Å². The van der Waals surface area contributed by atoms with Crippen molar-refractivity contribution < 1.29 is 0 Å². The van der Waals surface area contributed by atoms with Crippen LogP contribution in [0.3, 0.4) is 0 Å². The zero-order valence-electron chi connectivity index (χ0n) is 13.1. The molecule has 0 spiro atoms. The maximum Gasteiger partial charge on any atom is 0.147 e. The van der Waals surface area contributed by atoms with Crippen molar-refractivity contribution in [3.05, 3.63) is 18.1 Å². The molecule has 0 aliphatic heterocycles. The highest BCUT2D eigenvalue weighted by molar-refractivity contribution is 5.38. The summed E-state index contributed by atoms with van der Waals surface area (Å²) in [6, 6.07) is 0.654. The maximum absolute atomic E-state index is 4.81. The van der Waals surface area contributed by atoms with Crippen molar-refractivity contribution >= 4 is 5.82 Å². The van der Waals surface area contributed by atoms with E-state index in [-0.39, 0.29) is 0 Å². The third-order valence-electron chi connectivity index (χ3n) is 3.85. The van der Waals surface area contributed by atoms with Gasteiger partial charge in [0.05, 0.1) is 11.9 Å². The average Bonchev–Trinajstić information content (AvgIpc) is 2.96. The van der Waals surface area contributed by atoms with Gasteiger partial charge in [0.2, 0.25) is 0 Å². The summed E-state index contributed by atoms with van der Waals surface area (Å²) in [7, 11) is 0. The minimum Gasteiger partial charge on any atom is -0.352 e. The number of hydrogen-bond donors (Lipinski definition) is 1. The Morgan fingerprint density at radius 3 is 2.70 bits per heavy atom. The second kappa shape index (κ2) is 7.58. The first-order valence-electron chi connectivity index (χ1n) is 7.99. The Kier molecular flexibility index (Phi) is 5.77. The minimum atomic E-state index is 0.648. The van der Waals surface area contributed by atoms with Crippen LogP contribution in [0, 0.1) is 5.92 Å². The molecule has 1 fully saturated rings. The van der Waals surface area contributed by atoms with E-state index in [1.807, 2.05) is 12.4 Å². The summed E-state index contributed by atoms with van der Waals surface area (Å²) in [6.45, 7) is 9.50. The van der Waals surface area contributed by atoms with Gasteiger partial charge in [0.1, 0.15) is 5.82 Å². The Balaban J connectivity index is 2.14. The van der Waals surface area contributed by atoms with Crippen molar-refractivity contribution in [2.24, 2.45) is 5.92 Å². The van der Waals surface area contributed by atoms with Crippen LogP contribution >= 0.6 is 0 Å². The van der Waals surface area contributed by atoms with Crippen LogP contribution in [0.2, 0.25) is 0 Å². The molecule has 0 bridgehead atoms. The molecule has 0 saturated heterocycles. The predicted molar refractivity (Wildman–Crippen MR) is 83.9 cm³/mol. The third kappa shape index (κ3) is 4.17. The largest absolute Gasteiger partial charge is 0.352 e. The summed E-state index contributed by atoms with van der Waals surface area (Å²) in [5.41, 5.74) is 1.04. The van der Waals surface area contributed by atoms with E-state index in [9.17, 15) is 0 Å². The van der Waals surface area contributed by atoms with Gasteiger partial charge >= 0.3 is 0 Å². The SMILES string of the molecule is CCNCc1cncc(N(CC(C)C)C2CCCC2)n1. The van der Waals surface area contributed by atoms with Gasteiger partial charge in [-0.2, -0.15) is 0 Å². The van der Waals surface area contributed by atoms with E-state index in [1.54, 1.807) is 0 Å². The lowest BCUT2D eigenvalue weighted by Gasteiger charge is -2.31. The highest BCUT2D eigenvalue weighted by Gasteiger charge is 2.24. The number of nitrogens with one attached hydrogen (secondary N) is 1. The van der Waals surface area contributed by atoms with Crippen LogP contribution < -0.4 is 10.2 Å². The molecule has 2 rings (SSSR count). The van der Waals surface area contributed by atoms with Gasteiger partial charge in [-0.05, 0) is 25.3 Å². The number of aromatic nitrogens is 2. The number of nitrogens with zero attached hydrogens (tertiary/aromatic N) is 3. The first-order chi connectivity index (χ1) is 9.70. The zero-order chi connectivity index (χ0) is 14.4. The van der Waals surface area contributed by atoms with Crippen LogP contribution in [0.5, 0.6) is 0 Å². The Morgan fingerprint density at radius 1 is 1.30 bits per heavy atom. The summed E-state index contributed by atoms with van der Waals surface area (Å²) in [5.74, 6) is 1.70. The van der Waals surface area contributed by atoms with E-state index in [1.165, 1.54) is 25.7 Å². The molecule has 20 heavy (non-hydrogen) atoms. The molecular weight excluding hydrogens is 248 g/mol. The number of hydrogen-bond acceptors (Lipinski definition) is 4. The van der Waals surface area contributed by atoms with Gasteiger partial charge in [-0.25, -0.2) is 4.98 Å². The molecule has 4 nitrogen and oxygen atoms in total.